The number of ether oxygens (including phenoxy) is 1. The van der Waals surface area contributed by atoms with Gasteiger partial charge < -0.3 is 10.1 Å². The highest BCUT2D eigenvalue weighted by Crippen LogP contribution is 2.25. The fourth-order valence-electron chi connectivity index (χ4n) is 0.935. The third-order valence-corrected chi connectivity index (χ3v) is 2.73. The Morgan fingerprint density at radius 3 is 2.87 bits per heavy atom. The highest BCUT2D eigenvalue weighted by molar-refractivity contribution is 9.10. The molecule has 0 radical (unpaired) electrons. The molecule has 82 valence electrons. The maximum absolute atomic E-state index is 11.5. The second-order valence-electron chi connectivity index (χ2n) is 2.99. The van der Waals surface area contributed by atoms with E-state index in [-0.39, 0.29) is 5.91 Å². The summed E-state index contributed by atoms with van der Waals surface area (Å²) in [6.45, 7) is 1.67. The average Bonchev–Trinajstić information content (AvgIpc) is 2.22. The van der Waals surface area contributed by atoms with Gasteiger partial charge in [-0.15, -0.1) is 0 Å². The minimum Gasteiger partial charge on any atom is -0.372 e. The summed E-state index contributed by atoms with van der Waals surface area (Å²) in [4.78, 5) is 11.5. The molecule has 0 aliphatic rings. The van der Waals surface area contributed by atoms with Crippen molar-refractivity contribution in [1.82, 2.24) is 0 Å². The van der Waals surface area contributed by atoms with E-state index in [1.165, 1.54) is 7.11 Å². The summed E-state index contributed by atoms with van der Waals surface area (Å²) in [5.41, 5.74) is 0.569. The average molecular weight is 293 g/mol. The lowest BCUT2D eigenvalue weighted by Gasteiger charge is -2.11. The van der Waals surface area contributed by atoms with Crippen LogP contribution in [0.15, 0.2) is 22.7 Å². The zero-order valence-electron chi connectivity index (χ0n) is 8.38. The topological polar surface area (TPSA) is 38.3 Å². The number of anilines is 1. The molecule has 0 fully saturated rings. The number of amides is 1. The van der Waals surface area contributed by atoms with Gasteiger partial charge >= 0.3 is 0 Å². The number of benzene rings is 1. The van der Waals surface area contributed by atoms with Gasteiger partial charge in [-0.2, -0.15) is 0 Å². The second kappa shape index (κ2) is 5.49. The van der Waals surface area contributed by atoms with Crippen molar-refractivity contribution < 1.29 is 9.53 Å². The normalized spacial score (nSPS) is 12.3. The van der Waals surface area contributed by atoms with Crippen LogP contribution in [0.25, 0.3) is 0 Å². The lowest BCUT2D eigenvalue weighted by molar-refractivity contribution is -0.124. The zero-order valence-corrected chi connectivity index (χ0v) is 10.7. The number of methoxy groups -OCH3 is 1. The first-order valence-corrected chi connectivity index (χ1v) is 5.50. The van der Waals surface area contributed by atoms with E-state index in [9.17, 15) is 4.79 Å². The maximum atomic E-state index is 11.5. The van der Waals surface area contributed by atoms with E-state index in [1.54, 1.807) is 25.1 Å². The molecule has 0 aromatic heterocycles. The van der Waals surface area contributed by atoms with Gasteiger partial charge in [0.1, 0.15) is 6.10 Å². The number of halogens is 2. The van der Waals surface area contributed by atoms with E-state index in [4.69, 9.17) is 16.3 Å². The molecule has 1 rings (SSSR count). The first-order valence-electron chi connectivity index (χ1n) is 4.33. The third-order valence-electron chi connectivity index (χ3n) is 1.91. The van der Waals surface area contributed by atoms with Gasteiger partial charge in [-0.25, -0.2) is 0 Å². The van der Waals surface area contributed by atoms with Crippen LogP contribution < -0.4 is 5.32 Å². The molecule has 1 N–H and O–H groups in total. The number of hydrogen-bond donors (Lipinski definition) is 1. The summed E-state index contributed by atoms with van der Waals surface area (Å²) in [7, 11) is 1.48. The van der Waals surface area contributed by atoms with Crippen LogP contribution in [0.3, 0.4) is 0 Å². The Hall–Kier alpha value is -0.580. The molecular formula is C10H11BrClNO2. The van der Waals surface area contributed by atoms with Crippen molar-refractivity contribution in [1.29, 1.82) is 0 Å². The molecule has 0 aliphatic heterocycles. The summed E-state index contributed by atoms with van der Waals surface area (Å²) < 4.78 is 5.74. The van der Waals surface area contributed by atoms with Crippen LogP contribution in [0.4, 0.5) is 5.69 Å². The first-order chi connectivity index (χ1) is 7.04. The van der Waals surface area contributed by atoms with E-state index in [2.05, 4.69) is 21.2 Å². The van der Waals surface area contributed by atoms with Crippen molar-refractivity contribution in [2.45, 2.75) is 13.0 Å². The summed E-state index contributed by atoms with van der Waals surface area (Å²) in [5.74, 6) is -0.225. The van der Waals surface area contributed by atoms with E-state index in [1.807, 2.05) is 0 Å². The second-order valence-corrected chi connectivity index (χ2v) is 4.31. The van der Waals surface area contributed by atoms with Gasteiger partial charge in [-0.3, -0.25) is 4.79 Å². The Balaban J connectivity index is 2.80. The SMILES string of the molecule is COC(C)C(=O)Nc1cc(Br)ccc1Cl. The van der Waals surface area contributed by atoms with Crippen LogP contribution in [-0.2, 0) is 9.53 Å². The van der Waals surface area contributed by atoms with Gasteiger partial charge in [0.25, 0.3) is 5.91 Å². The molecule has 0 saturated heterocycles. The van der Waals surface area contributed by atoms with E-state index in [0.717, 1.165) is 4.47 Å². The Kier molecular flexibility index (Phi) is 4.57. The van der Waals surface area contributed by atoms with Gasteiger partial charge in [0.2, 0.25) is 0 Å². The lowest BCUT2D eigenvalue weighted by atomic mass is 10.3. The summed E-state index contributed by atoms with van der Waals surface area (Å²) in [6, 6.07) is 5.25. The highest BCUT2D eigenvalue weighted by Gasteiger charge is 2.13. The Labute approximate surface area is 102 Å². The molecule has 0 heterocycles. The monoisotopic (exact) mass is 291 g/mol. The number of rotatable bonds is 3. The van der Waals surface area contributed by atoms with E-state index in [0.29, 0.717) is 10.7 Å². The lowest BCUT2D eigenvalue weighted by Crippen LogP contribution is -2.26. The summed E-state index contributed by atoms with van der Waals surface area (Å²) in [6.07, 6.45) is -0.500. The molecule has 0 aliphatic carbocycles. The fraction of sp³-hybridized carbons (Fsp3) is 0.300. The molecule has 0 bridgehead atoms. The van der Waals surface area contributed by atoms with Crippen molar-refractivity contribution >= 4 is 39.1 Å². The summed E-state index contributed by atoms with van der Waals surface area (Å²) in [5, 5.41) is 3.17. The third kappa shape index (κ3) is 3.48. The van der Waals surface area contributed by atoms with Crippen LogP contribution in [0.1, 0.15) is 6.92 Å². The summed E-state index contributed by atoms with van der Waals surface area (Å²) >= 11 is 9.21. The maximum Gasteiger partial charge on any atom is 0.253 e. The van der Waals surface area contributed by atoms with Gasteiger partial charge in [-0.05, 0) is 25.1 Å². The van der Waals surface area contributed by atoms with Crippen LogP contribution >= 0.6 is 27.5 Å². The molecule has 1 atom stereocenters. The minimum atomic E-state index is -0.500. The zero-order chi connectivity index (χ0) is 11.4. The molecule has 1 aromatic carbocycles. The highest BCUT2D eigenvalue weighted by atomic mass is 79.9. The van der Waals surface area contributed by atoms with E-state index >= 15 is 0 Å². The van der Waals surface area contributed by atoms with Crippen LogP contribution in [-0.4, -0.2) is 19.1 Å². The number of carbonyl (C=O) groups excluding carboxylic acids is 1. The van der Waals surface area contributed by atoms with Gasteiger partial charge in [-0.1, -0.05) is 27.5 Å². The van der Waals surface area contributed by atoms with Crippen molar-refractivity contribution in [2.24, 2.45) is 0 Å². The van der Waals surface area contributed by atoms with Crippen LogP contribution in [0.2, 0.25) is 5.02 Å². The fourth-order valence-corrected chi connectivity index (χ4v) is 1.46. The molecule has 15 heavy (non-hydrogen) atoms. The molecular weight excluding hydrogens is 281 g/mol. The smallest absolute Gasteiger partial charge is 0.253 e. The van der Waals surface area contributed by atoms with Gasteiger partial charge in [0.15, 0.2) is 0 Å². The Morgan fingerprint density at radius 2 is 2.27 bits per heavy atom. The Bertz CT molecular complexity index is 370. The molecule has 1 amide bonds. The number of nitrogens with one attached hydrogen (secondary N) is 1. The molecule has 1 aromatic rings. The van der Waals surface area contributed by atoms with Crippen LogP contribution in [0, 0.1) is 0 Å². The molecule has 0 saturated carbocycles. The number of carbonyl (C=O) groups is 1. The van der Waals surface area contributed by atoms with E-state index < -0.39 is 6.10 Å². The van der Waals surface area contributed by atoms with Crippen molar-refractivity contribution in [2.75, 3.05) is 12.4 Å². The predicted molar refractivity (Wildman–Crippen MR) is 64.3 cm³/mol. The van der Waals surface area contributed by atoms with Gasteiger partial charge in [0.05, 0.1) is 10.7 Å². The number of hydrogen-bond acceptors (Lipinski definition) is 2. The standard InChI is InChI=1S/C10H11BrClNO2/c1-6(15-2)10(14)13-9-5-7(11)3-4-8(9)12/h3-6H,1-2H3,(H,13,14). The molecule has 3 nitrogen and oxygen atoms in total. The first kappa shape index (κ1) is 12.5. The molecule has 5 heteroatoms. The quantitative estimate of drug-likeness (QED) is 0.930. The van der Waals surface area contributed by atoms with Crippen molar-refractivity contribution in [3.63, 3.8) is 0 Å². The van der Waals surface area contributed by atoms with Crippen molar-refractivity contribution in [3.05, 3.63) is 27.7 Å². The minimum absolute atomic E-state index is 0.225. The largest absolute Gasteiger partial charge is 0.372 e. The molecule has 0 spiro atoms. The van der Waals surface area contributed by atoms with Gasteiger partial charge in [0, 0.05) is 11.6 Å². The van der Waals surface area contributed by atoms with Crippen LogP contribution in [0.5, 0.6) is 0 Å². The predicted octanol–water partition coefficient (Wildman–Crippen LogP) is 3.08. The van der Waals surface area contributed by atoms with Crippen molar-refractivity contribution in [3.8, 4) is 0 Å². The Morgan fingerprint density at radius 1 is 1.60 bits per heavy atom. The molecule has 1 unspecified atom stereocenters.